The lowest BCUT2D eigenvalue weighted by Crippen LogP contribution is -2.41. The summed E-state index contributed by atoms with van der Waals surface area (Å²) in [6, 6.07) is 7.41. The zero-order chi connectivity index (χ0) is 18.0. The summed E-state index contributed by atoms with van der Waals surface area (Å²) in [5.74, 6) is 6.33. The van der Waals surface area contributed by atoms with E-state index in [1.807, 2.05) is 6.92 Å². The fraction of sp³-hybridized carbons (Fsp3) is 0.556. The van der Waals surface area contributed by atoms with E-state index in [1.54, 1.807) is 24.3 Å². The lowest BCUT2D eigenvalue weighted by atomic mass is 10.2. The van der Waals surface area contributed by atoms with Gasteiger partial charge in [0.25, 0.3) is 0 Å². The highest BCUT2D eigenvalue weighted by Crippen LogP contribution is 2.31. The van der Waals surface area contributed by atoms with Gasteiger partial charge in [0.2, 0.25) is 10.0 Å². The third kappa shape index (κ3) is 4.70. The summed E-state index contributed by atoms with van der Waals surface area (Å²) in [6.45, 7) is 8.69. The van der Waals surface area contributed by atoms with Crippen molar-refractivity contribution >= 4 is 18.1 Å². The monoisotopic (exact) mass is 365 g/mol. The Hall–Kier alpha value is -1.13. The highest BCUT2D eigenvalue weighted by Gasteiger charge is 2.41. The number of aliphatic hydroxyl groups is 1. The summed E-state index contributed by atoms with van der Waals surface area (Å²) in [4.78, 5) is 0.231. The molecule has 1 aromatic carbocycles. The largest absolute Gasteiger partial charge is 0.377 e. The Kier molecular flexibility index (Phi) is 5.92. The molecule has 1 aliphatic heterocycles. The van der Waals surface area contributed by atoms with Gasteiger partial charge in [-0.3, -0.25) is 0 Å². The highest BCUT2D eigenvalue weighted by molar-refractivity contribution is 7.89. The van der Waals surface area contributed by atoms with Crippen molar-refractivity contribution in [1.29, 1.82) is 0 Å². The Morgan fingerprint density at radius 3 is 2.38 bits per heavy atom. The molecule has 1 N–H and O–H groups in total. The first-order valence-corrected chi connectivity index (χ1v) is 13.5. The van der Waals surface area contributed by atoms with Gasteiger partial charge in [-0.1, -0.05) is 37.3 Å². The van der Waals surface area contributed by atoms with Crippen LogP contribution in [-0.4, -0.2) is 38.2 Å². The molecule has 0 bridgehead atoms. The zero-order valence-corrected chi connectivity index (χ0v) is 16.7. The first-order chi connectivity index (χ1) is 11.1. The molecule has 0 radical (unpaired) electrons. The van der Waals surface area contributed by atoms with Crippen LogP contribution in [0.5, 0.6) is 0 Å². The quantitative estimate of drug-likeness (QED) is 0.658. The van der Waals surface area contributed by atoms with E-state index in [1.165, 1.54) is 4.31 Å². The minimum absolute atomic E-state index is 0.231. The van der Waals surface area contributed by atoms with Gasteiger partial charge in [-0.2, -0.15) is 4.31 Å². The van der Waals surface area contributed by atoms with Crippen LogP contribution in [0, 0.1) is 18.8 Å². The maximum absolute atomic E-state index is 12.9. The third-order valence-electron chi connectivity index (χ3n) is 4.09. The number of hydrogen-bond donors (Lipinski definition) is 1. The van der Waals surface area contributed by atoms with Gasteiger partial charge in [0.05, 0.1) is 13.0 Å². The molecule has 0 aliphatic carbocycles. The Balaban J connectivity index is 2.18. The van der Waals surface area contributed by atoms with Gasteiger partial charge in [-0.15, -0.1) is 11.8 Å². The van der Waals surface area contributed by atoms with E-state index in [2.05, 4.69) is 31.5 Å². The predicted molar refractivity (Wildman–Crippen MR) is 99.8 cm³/mol. The Morgan fingerprint density at radius 2 is 1.79 bits per heavy atom. The van der Waals surface area contributed by atoms with Gasteiger partial charge in [0.15, 0.2) is 0 Å². The maximum atomic E-state index is 12.9. The van der Waals surface area contributed by atoms with Gasteiger partial charge in [0.1, 0.15) is 6.23 Å². The molecular weight excluding hydrogens is 338 g/mol. The topological polar surface area (TPSA) is 57.6 Å². The standard InChI is InChI=1S/C18H27NO3SSi/c1-15-8-11-17(12-9-15)23(21,22)19-16(10-13-18(19)20)7-5-6-14-24(2,3)4/h8-9,11-12,16,18,20H,7,10,13-14H2,1-4H3/t16-,18?/m1/s1. The van der Waals surface area contributed by atoms with Gasteiger partial charge in [-0.25, -0.2) is 8.42 Å². The molecule has 0 amide bonds. The summed E-state index contributed by atoms with van der Waals surface area (Å²) in [7, 11) is -4.91. The van der Waals surface area contributed by atoms with Crippen LogP contribution in [0.2, 0.25) is 25.7 Å². The van der Waals surface area contributed by atoms with Crippen molar-refractivity contribution in [2.75, 3.05) is 0 Å². The normalized spacial score (nSPS) is 22.2. The average Bonchev–Trinajstić information content (AvgIpc) is 2.85. The molecule has 24 heavy (non-hydrogen) atoms. The Labute approximate surface area is 146 Å². The summed E-state index contributed by atoms with van der Waals surface area (Å²) in [6.07, 6.45) is 0.631. The summed E-state index contributed by atoms with van der Waals surface area (Å²) < 4.78 is 27.0. The SMILES string of the molecule is Cc1ccc(S(=O)(=O)N2C(O)CC[C@H]2CC#CC[Si](C)(C)C)cc1. The fourth-order valence-corrected chi connectivity index (χ4v) is 5.11. The minimum Gasteiger partial charge on any atom is -0.377 e. The third-order valence-corrected chi connectivity index (χ3v) is 7.29. The molecule has 2 rings (SSSR count). The maximum Gasteiger partial charge on any atom is 0.245 e. The summed E-state index contributed by atoms with van der Waals surface area (Å²) in [5.41, 5.74) is 1.00. The molecule has 1 aliphatic rings. The summed E-state index contributed by atoms with van der Waals surface area (Å²) >= 11 is 0. The lowest BCUT2D eigenvalue weighted by Gasteiger charge is -2.25. The molecule has 1 unspecified atom stereocenters. The van der Waals surface area contributed by atoms with Crippen LogP contribution in [0.25, 0.3) is 0 Å². The van der Waals surface area contributed by atoms with Crippen LogP contribution in [0.15, 0.2) is 29.2 Å². The molecule has 0 aromatic heterocycles. The van der Waals surface area contributed by atoms with Crippen LogP contribution in [-0.2, 0) is 10.0 Å². The molecule has 1 saturated heterocycles. The van der Waals surface area contributed by atoms with Crippen molar-refractivity contribution in [2.45, 2.75) is 69.0 Å². The van der Waals surface area contributed by atoms with E-state index in [-0.39, 0.29) is 10.9 Å². The van der Waals surface area contributed by atoms with Crippen LogP contribution in [0.3, 0.4) is 0 Å². The van der Waals surface area contributed by atoms with Crippen molar-refractivity contribution in [3.63, 3.8) is 0 Å². The fourth-order valence-electron chi connectivity index (χ4n) is 2.74. The smallest absolute Gasteiger partial charge is 0.245 e. The van der Waals surface area contributed by atoms with Crippen LogP contribution in [0.1, 0.15) is 24.8 Å². The minimum atomic E-state index is -3.70. The van der Waals surface area contributed by atoms with E-state index < -0.39 is 24.3 Å². The molecule has 1 fully saturated rings. The second-order valence-corrected chi connectivity index (χ2v) is 15.0. The predicted octanol–water partition coefficient (Wildman–Crippen LogP) is 3.20. The second-order valence-electron chi connectivity index (χ2n) is 7.65. The van der Waals surface area contributed by atoms with E-state index in [9.17, 15) is 13.5 Å². The van der Waals surface area contributed by atoms with E-state index in [4.69, 9.17) is 0 Å². The molecule has 2 atom stereocenters. The number of rotatable bonds is 4. The molecule has 132 valence electrons. The number of aryl methyl sites for hydroxylation is 1. The van der Waals surface area contributed by atoms with Crippen molar-refractivity contribution < 1.29 is 13.5 Å². The second kappa shape index (κ2) is 7.40. The average molecular weight is 366 g/mol. The summed E-state index contributed by atoms with van der Waals surface area (Å²) in [5, 5.41) is 10.2. The van der Waals surface area contributed by atoms with E-state index in [0.29, 0.717) is 19.3 Å². The number of nitrogens with zero attached hydrogens (tertiary/aromatic N) is 1. The Bertz CT molecular complexity index is 726. The lowest BCUT2D eigenvalue weighted by molar-refractivity contribution is 0.0807. The van der Waals surface area contributed by atoms with Gasteiger partial charge >= 0.3 is 0 Å². The number of aliphatic hydroxyl groups excluding tert-OH is 1. The first-order valence-electron chi connectivity index (χ1n) is 8.35. The van der Waals surface area contributed by atoms with Crippen molar-refractivity contribution in [1.82, 2.24) is 4.31 Å². The van der Waals surface area contributed by atoms with Crippen LogP contribution < -0.4 is 0 Å². The molecule has 6 heteroatoms. The van der Waals surface area contributed by atoms with Crippen molar-refractivity contribution in [2.24, 2.45) is 0 Å². The number of benzene rings is 1. The van der Waals surface area contributed by atoms with Gasteiger partial charge in [0, 0.05) is 18.5 Å². The molecule has 0 spiro atoms. The van der Waals surface area contributed by atoms with E-state index >= 15 is 0 Å². The highest BCUT2D eigenvalue weighted by atomic mass is 32.2. The molecule has 1 heterocycles. The molecule has 1 aromatic rings. The van der Waals surface area contributed by atoms with Gasteiger partial charge in [-0.05, 0) is 31.9 Å². The zero-order valence-electron chi connectivity index (χ0n) is 14.9. The van der Waals surface area contributed by atoms with E-state index in [0.717, 1.165) is 11.6 Å². The number of sulfonamides is 1. The molecule has 0 saturated carbocycles. The number of hydrogen-bond acceptors (Lipinski definition) is 3. The first kappa shape index (κ1) is 19.2. The Morgan fingerprint density at radius 1 is 1.17 bits per heavy atom. The van der Waals surface area contributed by atoms with Crippen LogP contribution in [0.4, 0.5) is 0 Å². The molecule has 4 nitrogen and oxygen atoms in total. The van der Waals surface area contributed by atoms with Crippen molar-refractivity contribution in [3.8, 4) is 11.8 Å². The van der Waals surface area contributed by atoms with Crippen molar-refractivity contribution in [3.05, 3.63) is 29.8 Å². The molecular formula is C18H27NO3SSi. The van der Waals surface area contributed by atoms with Gasteiger partial charge < -0.3 is 5.11 Å². The van der Waals surface area contributed by atoms with Crippen LogP contribution >= 0.6 is 0 Å².